The number of carbonyl (C=O) groups is 1. The van der Waals surface area contributed by atoms with Crippen molar-refractivity contribution in [2.75, 3.05) is 19.7 Å². The minimum Gasteiger partial charge on any atom is -0.450 e. The highest BCUT2D eigenvalue weighted by atomic mass is 16.5. The zero-order chi connectivity index (χ0) is 12.2. The lowest BCUT2D eigenvalue weighted by Gasteiger charge is -2.16. The van der Waals surface area contributed by atoms with Crippen LogP contribution in [0.1, 0.15) is 33.1 Å². The van der Waals surface area contributed by atoms with Gasteiger partial charge in [0, 0.05) is 19.1 Å². The Balaban J connectivity index is 3.46. The van der Waals surface area contributed by atoms with Crippen LogP contribution in [0, 0.1) is 0 Å². The summed E-state index contributed by atoms with van der Waals surface area (Å²) in [6.45, 7) is 9.44. The standard InChI is InChI=1S/C12H24N2O2/c1-4-7-8-11(5-2)13-9-10-14-12(15)16-6-3/h4,11,13H,1,5-10H2,2-3H3,(H,14,15). The van der Waals surface area contributed by atoms with Crippen LogP contribution < -0.4 is 10.6 Å². The number of hydrogen-bond acceptors (Lipinski definition) is 3. The lowest BCUT2D eigenvalue weighted by molar-refractivity contribution is 0.152. The molecule has 2 N–H and O–H groups in total. The maximum Gasteiger partial charge on any atom is 0.407 e. The molecule has 4 nitrogen and oxygen atoms in total. The summed E-state index contributed by atoms with van der Waals surface area (Å²) in [6.07, 6.45) is 4.80. The summed E-state index contributed by atoms with van der Waals surface area (Å²) >= 11 is 0. The molecule has 0 aliphatic heterocycles. The van der Waals surface area contributed by atoms with Gasteiger partial charge in [0.05, 0.1) is 6.61 Å². The van der Waals surface area contributed by atoms with Crippen molar-refractivity contribution in [3.8, 4) is 0 Å². The van der Waals surface area contributed by atoms with Crippen molar-refractivity contribution in [3.05, 3.63) is 12.7 Å². The van der Waals surface area contributed by atoms with Crippen molar-refractivity contribution >= 4 is 6.09 Å². The Morgan fingerprint density at radius 3 is 2.75 bits per heavy atom. The Kier molecular flexibility index (Phi) is 9.81. The van der Waals surface area contributed by atoms with Gasteiger partial charge in [-0.15, -0.1) is 6.58 Å². The van der Waals surface area contributed by atoms with E-state index in [4.69, 9.17) is 4.74 Å². The molecule has 0 saturated heterocycles. The first-order chi connectivity index (χ1) is 7.74. The Morgan fingerprint density at radius 2 is 2.19 bits per heavy atom. The van der Waals surface area contributed by atoms with E-state index in [9.17, 15) is 4.79 Å². The fraction of sp³-hybridized carbons (Fsp3) is 0.750. The van der Waals surface area contributed by atoms with Crippen LogP contribution >= 0.6 is 0 Å². The van der Waals surface area contributed by atoms with E-state index < -0.39 is 0 Å². The third-order valence-electron chi connectivity index (χ3n) is 2.31. The van der Waals surface area contributed by atoms with Crippen molar-refractivity contribution < 1.29 is 9.53 Å². The van der Waals surface area contributed by atoms with Gasteiger partial charge in [-0.2, -0.15) is 0 Å². The summed E-state index contributed by atoms with van der Waals surface area (Å²) in [5, 5.41) is 6.06. The maximum atomic E-state index is 11.0. The number of carbonyl (C=O) groups excluding carboxylic acids is 1. The molecule has 0 aliphatic rings. The molecule has 0 saturated carbocycles. The Morgan fingerprint density at radius 1 is 1.44 bits per heavy atom. The Labute approximate surface area is 98.4 Å². The molecule has 0 aromatic heterocycles. The fourth-order valence-electron chi connectivity index (χ4n) is 1.39. The minimum atomic E-state index is -0.344. The Hall–Kier alpha value is -1.03. The molecule has 0 rings (SSSR count). The quantitative estimate of drug-likeness (QED) is 0.469. The Bertz CT molecular complexity index is 195. The highest BCUT2D eigenvalue weighted by Gasteiger charge is 2.04. The van der Waals surface area contributed by atoms with E-state index in [0.717, 1.165) is 25.8 Å². The van der Waals surface area contributed by atoms with Gasteiger partial charge >= 0.3 is 6.09 Å². The number of allylic oxidation sites excluding steroid dienone is 1. The topological polar surface area (TPSA) is 50.4 Å². The average Bonchev–Trinajstić information content (AvgIpc) is 2.28. The first-order valence-corrected chi connectivity index (χ1v) is 5.99. The third-order valence-corrected chi connectivity index (χ3v) is 2.31. The minimum absolute atomic E-state index is 0.344. The summed E-state index contributed by atoms with van der Waals surface area (Å²) in [6, 6.07) is 0.502. The van der Waals surface area contributed by atoms with E-state index in [1.54, 1.807) is 6.92 Å². The number of amides is 1. The zero-order valence-corrected chi connectivity index (χ0v) is 10.4. The van der Waals surface area contributed by atoms with Crippen LogP contribution in [0.3, 0.4) is 0 Å². The lowest BCUT2D eigenvalue weighted by Crippen LogP contribution is -2.37. The molecule has 0 aromatic carbocycles. The van der Waals surface area contributed by atoms with Crippen LogP contribution in [0.2, 0.25) is 0 Å². The van der Waals surface area contributed by atoms with Crippen LogP contribution in [0.25, 0.3) is 0 Å². The van der Waals surface area contributed by atoms with Gasteiger partial charge in [0.1, 0.15) is 0 Å². The van der Waals surface area contributed by atoms with E-state index in [2.05, 4.69) is 24.1 Å². The average molecular weight is 228 g/mol. The van der Waals surface area contributed by atoms with E-state index in [-0.39, 0.29) is 6.09 Å². The van der Waals surface area contributed by atoms with Crippen LogP contribution in [-0.4, -0.2) is 31.8 Å². The van der Waals surface area contributed by atoms with Crippen molar-refractivity contribution in [1.82, 2.24) is 10.6 Å². The molecule has 1 unspecified atom stereocenters. The van der Waals surface area contributed by atoms with Gasteiger partial charge in [-0.3, -0.25) is 0 Å². The monoisotopic (exact) mass is 228 g/mol. The van der Waals surface area contributed by atoms with Gasteiger partial charge < -0.3 is 15.4 Å². The molecule has 1 amide bonds. The van der Waals surface area contributed by atoms with E-state index in [0.29, 0.717) is 19.2 Å². The molecule has 0 heterocycles. The molecule has 16 heavy (non-hydrogen) atoms. The number of hydrogen-bond donors (Lipinski definition) is 2. The van der Waals surface area contributed by atoms with Crippen LogP contribution in [-0.2, 0) is 4.74 Å². The van der Waals surface area contributed by atoms with Gasteiger partial charge in [-0.05, 0) is 26.2 Å². The number of ether oxygens (including phenoxy) is 1. The summed E-state index contributed by atoms with van der Waals surface area (Å²) in [4.78, 5) is 11.0. The molecule has 0 bridgehead atoms. The second-order valence-electron chi connectivity index (χ2n) is 3.57. The maximum absolute atomic E-state index is 11.0. The number of rotatable bonds is 9. The summed E-state index contributed by atoms with van der Waals surface area (Å²) < 4.78 is 4.75. The lowest BCUT2D eigenvalue weighted by atomic mass is 10.1. The molecule has 0 aromatic rings. The summed E-state index contributed by atoms with van der Waals surface area (Å²) in [7, 11) is 0. The highest BCUT2D eigenvalue weighted by molar-refractivity contribution is 5.66. The summed E-state index contributed by atoms with van der Waals surface area (Å²) in [5.41, 5.74) is 0. The van der Waals surface area contributed by atoms with Crippen LogP contribution in [0.15, 0.2) is 12.7 Å². The first-order valence-electron chi connectivity index (χ1n) is 5.99. The smallest absolute Gasteiger partial charge is 0.407 e. The van der Waals surface area contributed by atoms with Crippen LogP contribution in [0.4, 0.5) is 4.79 Å². The van der Waals surface area contributed by atoms with Crippen molar-refractivity contribution in [3.63, 3.8) is 0 Å². The molecule has 94 valence electrons. The molecule has 1 atom stereocenters. The second kappa shape index (κ2) is 10.5. The second-order valence-corrected chi connectivity index (χ2v) is 3.57. The van der Waals surface area contributed by atoms with Crippen molar-refractivity contribution in [2.24, 2.45) is 0 Å². The van der Waals surface area contributed by atoms with Crippen LogP contribution in [0.5, 0.6) is 0 Å². The summed E-state index contributed by atoms with van der Waals surface area (Å²) in [5.74, 6) is 0. The van der Waals surface area contributed by atoms with Gasteiger partial charge in [-0.25, -0.2) is 4.79 Å². The predicted molar refractivity (Wildman–Crippen MR) is 66.5 cm³/mol. The van der Waals surface area contributed by atoms with E-state index >= 15 is 0 Å². The molecule has 0 fully saturated rings. The normalized spacial score (nSPS) is 11.9. The molecular formula is C12H24N2O2. The number of alkyl carbamates (subject to hydrolysis) is 1. The molecule has 4 heteroatoms. The number of nitrogens with one attached hydrogen (secondary N) is 2. The SMILES string of the molecule is C=CCCC(CC)NCCNC(=O)OCC. The van der Waals surface area contributed by atoms with Crippen molar-refractivity contribution in [1.29, 1.82) is 0 Å². The van der Waals surface area contributed by atoms with Gasteiger partial charge in [0.15, 0.2) is 0 Å². The molecule has 0 aliphatic carbocycles. The molecular weight excluding hydrogens is 204 g/mol. The van der Waals surface area contributed by atoms with Gasteiger partial charge in [0.2, 0.25) is 0 Å². The molecule has 0 spiro atoms. The fourth-order valence-corrected chi connectivity index (χ4v) is 1.39. The van der Waals surface area contributed by atoms with Gasteiger partial charge in [0.25, 0.3) is 0 Å². The zero-order valence-electron chi connectivity index (χ0n) is 10.4. The van der Waals surface area contributed by atoms with E-state index in [1.165, 1.54) is 0 Å². The molecule has 0 radical (unpaired) electrons. The van der Waals surface area contributed by atoms with Gasteiger partial charge in [-0.1, -0.05) is 13.0 Å². The van der Waals surface area contributed by atoms with E-state index in [1.807, 2.05) is 6.08 Å². The predicted octanol–water partition coefficient (Wildman–Crippen LogP) is 2.07. The third kappa shape index (κ3) is 8.29. The van der Waals surface area contributed by atoms with Crippen molar-refractivity contribution in [2.45, 2.75) is 39.2 Å². The largest absolute Gasteiger partial charge is 0.450 e. The highest BCUT2D eigenvalue weighted by Crippen LogP contribution is 2.01. The first kappa shape index (κ1) is 15.0.